The van der Waals surface area contributed by atoms with Crippen molar-refractivity contribution in [1.82, 2.24) is 15.6 Å². The molecule has 3 rings (SSSR count). The zero-order valence-electron chi connectivity index (χ0n) is 13.6. The van der Waals surface area contributed by atoms with Crippen molar-refractivity contribution in [3.8, 4) is 11.3 Å². The number of aliphatic hydroxyl groups excluding tert-OH is 1. The summed E-state index contributed by atoms with van der Waals surface area (Å²) in [6, 6.07) is 16.7. The molecule has 0 radical (unpaired) electrons. The number of nitrogens with zero attached hydrogens (tertiary/aromatic N) is 1. The average Bonchev–Trinajstić information content (AvgIpc) is 3.14. The lowest BCUT2D eigenvalue weighted by Gasteiger charge is -2.09. The van der Waals surface area contributed by atoms with E-state index in [1.165, 1.54) is 0 Å². The molecule has 0 bridgehead atoms. The zero-order valence-corrected chi connectivity index (χ0v) is 13.6. The topological polar surface area (TPSA) is 87.4 Å². The predicted molar refractivity (Wildman–Crippen MR) is 93.4 cm³/mol. The van der Waals surface area contributed by atoms with Crippen LogP contribution in [0.3, 0.4) is 0 Å². The molecular formula is C19H19N3O3. The number of nitrogens with one attached hydrogen (secondary N) is 2. The van der Waals surface area contributed by atoms with E-state index < -0.39 is 0 Å². The van der Waals surface area contributed by atoms with Crippen molar-refractivity contribution < 1.29 is 14.3 Å². The third kappa shape index (κ3) is 4.45. The van der Waals surface area contributed by atoms with Gasteiger partial charge in [0.05, 0.1) is 19.3 Å². The van der Waals surface area contributed by atoms with Crippen molar-refractivity contribution >= 4 is 6.03 Å². The quantitative estimate of drug-likeness (QED) is 0.645. The zero-order chi connectivity index (χ0) is 17.5. The van der Waals surface area contributed by atoms with E-state index in [2.05, 4.69) is 15.6 Å². The summed E-state index contributed by atoms with van der Waals surface area (Å²) in [7, 11) is 0. The number of aromatic nitrogens is 1. The van der Waals surface area contributed by atoms with E-state index in [0.29, 0.717) is 18.2 Å². The monoisotopic (exact) mass is 337 g/mol. The lowest BCUT2D eigenvalue weighted by Crippen LogP contribution is -2.34. The van der Waals surface area contributed by atoms with Crippen LogP contribution in [0.2, 0.25) is 0 Å². The molecule has 0 fully saturated rings. The highest BCUT2D eigenvalue weighted by Crippen LogP contribution is 2.19. The number of rotatable bonds is 6. The van der Waals surface area contributed by atoms with Crippen LogP contribution in [0.1, 0.15) is 17.0 Å². The maximum atomic E-state index is 11.9. The maximum absolute atomic E-state index is 11.9. The first-order chi connectivity index (χ1) is 12.3. The molecule has 0 unspecified atom stereocenters. The minimum Gasteiger partial charge on any atom is -0.439 e. The van der Waals surface area contributed by atoms with Gasteiger partial charge in [0, 0.05) is 12.1 Å². The van der Waals surface area contributed by atoms with Crippen LogP contribution in [0.15, 0.2) is 65.2 Å². The van der Waals surface area contributed by atoms with Crippen LogP contribution in [0, 0.1) is 0 Å². The van der Waals surface area contributed by atoms with Gasteiger partial charge in [0.2, 0.25) is 5.89 Å². The van der Waals surface area contributed by atoms with Crippen molar-refractivity contribution in [2.75, 3.05) is 0 Å². The van der Waals surface area contributed by atoms with E-state index in [1.807, 2.05) is 54.6 Å². The van der Waals surface area contributed by atoms with Crippen LogP contribution in [0.25, 0.3) is 11.3 Å². The molecule has 3 N–H and O–H groups in total. The van der Waals surface area contributed by atoms with E-state index in [4.69, 9.17) is 4.42 Å². The van der Waals surface area contributed by atoms with E-state index >= 15 is 0 Å². The Morgan fingerprint density at radius 1 is 0.960 bits per heavy atom. The second-order valence-electron chi connectivity index (χ2n) is 5.45. The number of hydrogen-bond donors (Lipinski definition) is 3. The van der Waals surface area contributed by atoms with Crippen molar-refractivity contribution in [2.24, 2.45) is 0 Å². The van der Waals surface area contributed by atoms with Gasteiger partial charge < -0.3 is 20.2 Å². The molecule has 1 aromatic heterocycles. The summed E-state index contributed by atoms with van der Waals surface area (Å²) in [5.41, 5.74) is 2.61. The molecule has 0 saturated carbocycles. The Kier molecular flexibility index (Phi) is 5.43. The summed E-state index contributed by atoms with van der Waals surface area (Å²) in [5, 5.41) is 14.7. The van der Waals surface area contributed by atoms with Gasteiger partial charge in [-0.25, -0.2) is 9.78 Å². The summed E-state index contributed by atoms with van der Waals surface area (Å²) in [4.78, 5) is 16.1. The molecule has 0 spiro atoms. The van der Waals surface area contributed by atoms with Gasteiger partial charge in [-0.1, -0.05) is 54.6 Å². The highest BCUT2D eigenvalue weighted by atomic mass is 16.4. The van der Waals surface area contributed by atoms with E-state index in [1.54, 1.807) is 6.20 Å². The second kappa shape index (κ2) is 8.12. The minimum atomic E-state index is -0.327. The Balaban J connectivity index is 1.50. The molecule has 6 nitrogen and oxygen atoms in total. The Hall–Kier alpha value is -3.12. The number of aliphatic hydroxyl groups is 1. The third-order valence-corrected chi connectivity index (χ3v) is 3.74. The predicted octanol–water partition coefficient (Wildman–Crippen LogP) is 2.83. The number of amides is 2. The summed E-state index contributed by atoms with van der Waals surface area (Å²) < 4.78 is 5.63. The van der Waals surface area contributed by atoms with Crippen molar-refractivity contribution in [1.29, 1.82) is 0 Å². The Bertz CT molecular complexity index is 831. The molecule has 0 atom stereocenters. The van der Waals surface area contributed by atoms with Gasteiger partial charge in [-0.3, -0.25) is 0 Å². The number of carbonyl (C=O) groups excluding carboxylic acids is 1. The van der Waals surface area contributed by atoms with Gasteiger partial charge in [-0.05, 0) is 11.1 Å². The standard InChI is InChI=1S/C19H19N3O3/c23-13-16-9-5-4-8-15(16)10-21-19(24)22-12-18-20-11-17(25-18)14-6-2-1-3-7-14/h1-9,11,23H,10,12-13H2,(H2,21,22,24). The summed E-state index contributed by atoms with van der Waals surface area (Å²) in [6.45, 7) is 0.474. The largest absolute Gasteiger partial charge is 0.439 e. The highest BCUT2D eigenvalue weighted by molar-refractivity contribution is 5.73. The van der Waals surface area contributed by atoms with Crippen LogP contribution in [-0.4, -0.2) is 16.1 Å². The highest BCUT2D eigenvalue weighted by Gasteiger charge is 2.08. The molecule has 128 valence electrons. The Morgan fingerprint density at radius 2 is 1.64 bits per heavy atom. The van der Waals surface area contributed by atoms with Gasteiger partial charge in [0.15, 0.2) is 5.76 Å². The SMILES string of the molecule is O=C(NCc1ncc(-c2ccccc2)o1)NCc1ccccc1CO. The van der Waals surface area contributed by atoms with E-state index in [0.717, 1.165) is 16.7 Å². The molecule has 25 heavy (non-hydrogen) atoms. The normalized spacial score (nSPS) is 10.4. The van der Waals surface area contributed by atoms with Crippen molar-refractivity contribution in [3.05, 3.63) is 77.8 Å². The first kappa shape index (κ1) is 16.7. The first-order valence-corrected chi connectivity index (χ1v) is 7.95. The summed E-state index contributed by atoms with van der Waals surface area (Å²) >= 11 is 0. The second-order valence-corrected chi connectivity index (χ2v) is 5.45. The maximum Gasteiger partial charge on any atom is 0.315 e. The lowest BCUT2D eigenvalue weighted by atomic mass is 10.1. The molecule has 0 aliphatic rings. The van der Waals surface area contributed by atoms with Crippen LogP contribution >= 0.6 is 0 Å². The number of oxazole rings is 1. The van der Waals surface area contributed by atoms with Crippen LogP contribution < -0.4 is 10.6 Å². The number of benzene rings is 2. The van der Waals surface area contributed by atoms with Crippen molar-refractivity contribution in [3.63, 3.8) is 0 Å². The van der Waals surface area contributed by atoms with Gasteiger partial charge in [-0.15, -0.1) is 0 Å². The van der Waals surface area contributed by atoms with E-state index in [9.17, 15) is 9.90 Å². The number of urea groups is 1. The molecular weight excluding hydrogens is 318 g/mol. The lowest BCUT2D eigenvalue weighted by molar-refractivity contribution is 0.238. The fourth-order valence-corrected chi connectivity index (χ4v) is 2.41. The fraction of sp³-hybridized carbons (Fsp3) is 0.158. The van der Waals surface area contributed by atoms with Crippen molar-refractivity contribution in [2.45, 2.75) is 19.7 Å². The summed E-state index contributed by atoms with van der Waals surface area (Å²) in [5.74, 6) is 1.10. The Morgan fingerprint density at radius 3 is 2.40 bits per heavy atom. The smallest absolute Gasteiger partial charge is 0.315 e. The molecule has 6 heteroatoms. The molecule has 2 aromatic carbocycles. The van der Waals surface area contributed by atoms with Crippen LogP contribution in [0.5, 0.6) is 0 Å². The first-order valence-electron chi connectivity index (χ1n) is 7.95. The van der Waals surface area contributed by atoms with Gasteiger partial charge >= 0.3 is 6.03 Å². The molecule has 0 saturated heterocycles. The number of carbonyl (C=O) groups is 1. The van der Waals surface area contributed by atoms with Crippen LogP contribution in [-0.2, 0) is 19.7 Å². The molecule has 2 amide bonds. The average molecular weight is 337 g/mol. The van der Waals surface area contributed by atoms with Gasteiger partial charge in [0.25, 0.3) is 0 Å². The summed E-state index contributed by atoms with van der Waals surface area (Å²) in [6.07, 6.45) is 1.64. The van der Waals surface area contributed by atoms with Gasteiger partial charge in [-0.2, -0.15) is 0 Å². The van der Waals surface area contributed by atoms with E-state index in [-0.39, 0.29) is 19.2 Å². The number of hydrogen-bond acceptors (Lipinski definition) is 4. The molecule has 0 aliphatic heterocycles. The minimum absolute atomic E-state index is 0.0575. The third-order valence-electron chi connectivity index (χ3n) is 3.74. The molecule has 3 aromatic rings. The molecule has 1 heterocycles. The van der Waals surface area contributed by atoms with Gasteiger partial charge in [0.1, 0.15) is 0 Å². The molecule has 0 aliphatic carbocycles. The van der Waals surface area contributed by atoms with Crippen LogP contribution in [0.4, 0.5) is 4.79 Å². The fourth-order valence-electron chi connectivity index (χ4n) is 2.41. The Labute approximate surface area is 145 Å².